The Morgan fingerprint density at radius 1 is 1.41 bits per heavy atom. The summed E-state index contributed by atoms with van der Waals surface area (Å²) in [5.41, 5.74) is 1.24. The topological polar surface area (TPSA) is 12.5 Å². The van der Waals surface area contributed by atoms with Crippen LogP contribution in [0.25, 0.3) is 0 Å². The molecule has 0 spiro atoms. The third-order valence-corrected chi connectivity index (χ3v) is 3.08. The average molecular weight is 231 g/mol. The van der Waals surface area contributed by atoms with Crippen molar-refractivity contribution in [3.05, 3.63) is 29.8 Å². The summed E-state index contributed by atoms with van der Waals surface area (Å²) in [6.07, 6.45) is 7.41. The second-order valence-corrected chi connectivity index (χ2v) is 4.20. The first-order valence-corrected chi connectivity index (χ1v) is 5.98. The Balaban J connectivity index is 2.77. The fourth-order valence-electron chi connectivity index (χ4n) is 2.01. The van der Waals surface area contributed by atoms with E-state index in [2.05, 4.69) is 30.9 Å². The lowest BCUT2D eigenvalue weighted by Crippen LogP contribution is -2.33. The van der Waals surface area contributed by atoms with E-state index in [1.807, 2.05) is 18.2 Å². The molecule has 1 aromatic rings. The zero-order chi connectivity index (χ0) is 12.7. The molecule has 2 heteroatoms. The van der Waals surface area contributed by atoms with Gasteiger partial charge >= 0.3 is 0 Å². The second-order valence-electron chi connectivity index (χ2n) is 4.20. The van der Waals surface area contributed by atoms with E-state index in [4.69, 9.17) is 11.2 Å². The van der Waals surface area contributed by atoms with Crippen LogP contribution in [0.1, 0.15) is 18.9 Å². The van der Waals surface area contributed by atoms with Crippen molar-refractivity contribution < 1.29 is 4.74 Å². The summed E-state index contributed by atoms with van der Waals surface area (Å²) in [5.74, 6) is 3.65. The molecule has 0 aliphatic carbocycles. The van der Waals surface area contributed by atoms with Gasteiger partial charge in [0.15, 0.2) is 0 Å². The summed E-state index contributed by atoms with van der Waals surface area (Å²) in [6.45, 7) is 2.88. The van der Waals surface area contributed by atoms with E-state index in [0.29, 0.717) is 12.6 Å². The molecule has 0 aliphatic heterocycles. The van der Waals surface area contributed by atoms with Crippen molar-refractivity contribution in [2.75, 3.05) is 20.7 Å². The van der Waals surface area contributed by atoms with Crippen LogP contribution in [-0.2, 0) is 6.42 Å². The molecule has 0 fully saturated rings. The number of likely N-dealkylation sites (N-methyl/N-ethyl adjacent to an activating group) is 1. The molecule has 0 heterocycles. The molecular weight excluding hydrogens is 210 g/mol. The Labute approximate surface area is 105 Å². The molecule has 0 amide bonds. The van der Waals surface area contributed by atoms with Crippen molar-refractivity contribution in [3.8, 4) is 18.1 Å². The molecule has 0 N–H and O–H groups in total. The highest BCUT2D eigenvalue weighted by atomic mass is 16.5. The average Bonchev–Trinajstić information content (AvgIpc) is 2.36. The van der Waals surface area contributed by atoms with Crippen molar-refractivity contribution in [1.29, 1.82) is 0 Å². The number of methoxy groups -OCH3 is 1. The first-order valence-electron chi connectivity index (χ1n) is 5.98. The molecule has 1 rings (SSSR count). The zero-order valence-electron chi connectivity index (χ0n) is 10.9. The van der Waals surface area contributed by atoms with Gasteiger partial charge in [-0.3, -0.25) is 4.90 Å². The maximum Gasteiger partial charge on any atom is 0.122 e. The fraction of sp³-hybridized carbons (Fsp3) is 0.467. The zero-order valence-corrected chi connectivity index (χ0v) is 10.9. The summed E-state index contributed by atoms with van der Waals surface area (Å²) in [5, 5.41) is 0. The van der Waals surface area contributed by atoms with E-state index >= 15 is 0 Å². The number of hydrogen-bond acceptors (Lipinski definition) is 2. The number of benzene rings is 1. The highest BCUT2D eigenvalue weighted by Crippen LogP contribution is 2.21. The number of terminal acetylenes is 1. The third-order valence-electron chi connectivity index (χ3n) is 3.08. The summed E-state index contributed by atoms with van der Waals surface area (Å²) in [6, 6.07) is 8.62. The van der Waals surface area contributed by atoms with Crippen molar-refractivity contribution in [2.45, 2.75) is 25.8 Å². The second kappa shape index (κ2) is 6.98. The predicted octanol–water partition coefficient (Wildman–Crippen LogP) is 2.58. The van der Waals surface area contributed by atoms with Gasteiger partial charge in [-0.15, -0.1) is 6.42 Å². The number of rotatable bonds is 6. The molecule has 0 saturated heterocycles. The maximum atomic E-state index is 5.37. The summed E-state index contributed by atoms with van der Waals surface area (Å²) >= 11 is 0. The Morgan fingerprint density at radius 2 is 2.12 bits per heavy atom. The monoisotopic (exact) mass is 231 g/mol. The van der Waals surface area contributed by atoms with Crippen LogP contribution in [0.5, 0.6) is 5.75 Å². The Morgan fingerprint density at radius 3 is 2.71 bits per heavy atom. The standard InChI is InChI=1S/C15H21NO/c1-5-11-16(3)14(6-2)12-13-9-7-8-10-15(13)17-4/h1,7-10,14H,6,11-12H2,2-4H3. The van der Waals surface area contributed by atoms with Gasteiger partial charge in [0.1, 0.15) is 5.75 Å². The molecule has 0 aliphatic rings. The van der Waals surface area contributed by atoms with Gasteiger partial charge in [0.05, 0.1) is 13.7 Å². The molecule has 1 atom stereocenters. The van der Waals surface area contributed by atoms with Gasteiger partial charge < -0.3 is 4.74 Å². The van der Waals surface area contributed by atoms with Gasteiger partial charge in [-0.25, -0.2) is 0 Å². The van der Waals surface area contributed by atoms with Crippen molar-refractivity contribution in [1.82, 2.24) is 4.90 Å². The van der Waals surface area contributed by atoms with Gasteiger partial charge in [0.25, 0.3) is 0 Å². The van der Waals surface area contributed by atoms with Crippen LogP contribution in [0.4, 0.5) is 0 Å². The van der Waals surface area contributed by atoms with E-state index < -0.39 is 0 Å². The van der Waals surface area contributed by atoms with E-state index in [1.54, 1.807) is 7.11 Å². The molecule has 92 valence electrons. The molecule has 1 unspecified atom stereocenters. The Bertz CT molecular complexity index is 381. The van der Waals surface area contributed by atoms with Gasteiger partial charge in [-0.2, -0.15) is 0 Å². The first kappa shape index (κ1) is 13.6. The lowest BCUT2D eigenvalue weighted by Gasteiger charge is -2.25. The molecule has 0 bridgehead atoms. The van der Waals surface area contributed by atoms with Gasteiger partial charge in [-0.05, 0) is 31.5 Å². The van der Waals surface area contributed by atoms with E-state index in [0.717, 1.165) is 18.6 Å². The maximum absolute atomic E-state index is 5.37. The third kappa shape index (κ3) is 3.80. The first-order chi connectivity index (χ1) is 8.22. The Kier molecular flexibility index (Phi) is 5.59. The van der Waals surface area contributed by atoms with Crippen molar-refractivity contribution >= 4 is 0 Å². The molecular formula is C15H21NO. The minimum Gasteiger partial charge on any atom is -0.496 e. The fourth-order valence-corrected chi connectivity index (χ4v) is 2.01. The SMILES string of the molecule is C#CCN(C)C(CC)Cc1ccccc1OC. The van der Waals surface area contributed by atoms with Crippen LogP contribution in [0.15, 0.2) is 24.3 Å². The van der Waals surface area contributed by atoms with Gasteiger partial charge in [0, 0.05) is 6.04 Å². The van der Waals surface area contributed by atoms with Crippen LogP contribution in [0.3, 0.4) is 0 Å². The molecule has 0 aromatic heterocycles. The van der Waals surface area contributed by atoms with E-state index in [1.165, 1.54) is 5.56 Å². The lowest BCUT2D eigenvalue weighted by molar-refractivity contribution is 0.259. The minimum absolute atomic E-state index is 0.461. The smallest absolute Gasteiger partial charge is 0.122 e. The highest BCUT2D eigenvalue weighted by Gasteiger charge is 2.14. The lowest BCUT2D eigenvalue weighted by atomic mass is 10.0. The van der Waals surface area contributed by atoms with Crippen LogP contribution in [0, 0.1) is 12.3 Å². The highest BCUT2D eigenvalue weighted by molar-refractivity contribution is 5.33. The normalized spacial score (nSPS) is 12.2. The summed E-state index contributed by atoms with van der Waals surface area (Å²) in [7, 11) is 3.79. The molecule has 17 heavy (non-hydrogen) atoms. The van der Waals surface area contributed by atoms with Gasteiger partial charge in [-0.1, -0.05) is 31.0 Å². The van der Waals surface area contributed by atoms with Crippen LogP contribution in [0.2, 0.25) is 0 Å². The van der Waals surface area contributed by atoms with E-state index in [9.17, 15) is 0 Å². The van der Waals surface area contributed by atoms with Crippen LogP contribution in [-0.4, -0.2) is 31.6 Å². The molecule has 0 saturated carbocycles. The van der Waals surface area contributed by atoms with Crippen molar-refractivity contribution in [3.63, 3.8) is 0 Å². The quantitative estimate of drug-likeness (QED) is 0.698. The van der Waals surface area contributed by atoms with E-state index in [-0.39, 0.29) is 0 Å². The number of ether oxygens (including phenoxy) is 1. The molecule has 1 aromatic carbocycles. The largest absolute Gasteiger partial charge is 0.496 e. The summed E-state index contributed by atoms with van der Waals surface area (Å²) < 4.78 is 5.37. The van der Waals surface area contributed by atoms with Gasteiger partial charge in [0.2, 0.25) is 0 Å². The number of nitrogens with zero attached hydrogens (tertiary/aromatic N) is 1. The minimum atomic E-state index is 0.461. The summed E-state index contributed by atoms with van der Waals surface area (Å²) in [4.78, 5) is 2.21. The number of para-hydroxylation sites is 1. The van der Waals surface area contributed by atoms with Crippen LogP contribution >= 0.6 is 0 Å². The molecule has 2 nitrogen and oxygen atoms in total. The van der Waals surface area contributed by atoms with Crippen LogP contribution < -0.4 is 4.74 Å². The van der Waals surface area contributed by atoms with Crippen molar-refractivity contribution in [2.24, 2.45) is 0 Å². The number of hydrogen-bond donors (Lipinski definition) is 0. The molecule has 0 radical (unpaired) electrons. The Hall–Kier alpha value is -1.46. The predicted molar refractivity (Wildman–Crippen MR) is 72.2 cm³/mol.